The van der Waals surface area contributed by atoms with Gasteiger partial charge in [-0.25, -0.2) is 4.68 Å². The van der Waals surface area contributed by atoms with E-state index in [-0.39, 0.29) is 5.82 Å². The molecule has 0 fully saturated rings. The van der Waals surface area contributed by atoms with Gasteiger partial charge in [0.05, 0.1) is 11.4 Å². The molecule has 0 bridgehead atoms. The van der Waals surface area contributed by atoms with Gasteiger partial charge < -0.3 is 5.32 Å². The fourth-order valence-corrected chi connectivity index (χ4v) is 1.91. The maximum absolute atomic E-state index is 11.9. The second-order valence-electron chi connectivity index (χ2n) is 4.75. The number of para-hydroxylation sites is 1. The zero-order chi connectivity index (χ0) is 16.8. The van der Waals surface area contributed by atoms with Gasteiger partial charge in [-0.05, 0) is 24.3 Å². The molecule has 0 aliphatic carbocycles. The highest BCUT2D eigenvalue weighted by atomic mass is 16.2. The van der Waals surface area contributed by atoms with Crippen molar-refractivity contribution in [3.8, 4) is 5.69 Å². The lowest BCUT2D eigenvalue weighted by Crippen LogP contribution is -2.38. The minimum absolute atomic E-state index is 0.280. The smallest absolute Gasteiger partial charge is 0.301 e. The van der Waals surface area contributed by atoms with Crippen LogP contribution >= 0.6 is 0 Å². The number of carbonyl (C=O) groups is 2. The number of rotatable bonds is 4. The number of benzene rings is 1. The van der Waals surface area contributed by atoms with Crippen molar-refractivity contribution in [3.05, 3.63) is 67.1 Å². The molecule has 0 spiro atoms. The molecule has 2 amide bonds. The number of hydrogen-bond donors (Lipinski definition) is 3. The first-order valence-corrected chi connectivity index (χ1v) is 7.11. The number of hydrazine groups is 1. The molecule has 1 aromatic carbocycles. The normalized spacial score (nSPS) is 10.0. The third-order valence-electron chi connectivity index (χ3n) is 3.06. The second kappa shape index (κ2) is 7.05. The van der Waals surface area contributed by atoms with Gasteiger partial charge in [0.15, 0.2) is 5.82 Å². The molecule has 3 aromatic rings. The van der Waals surface area contributed by atoms with E-state index < -0.39 is 11.8 Å². The van der Waals surface area contributed by atoms with Gasteiger partial charge in [-0.3, -0.25) is 25.4 Å². The van der Waals surface area contributed by atoms with Crippen molar-refractivity contribution in [1.29, 1.82) is 0 Å². The molecule has 120 valence electrons. The lowest BCUT2D eigenvalue weighted by molar-refractivity contribution is -0.135. The van der Waals surface area contributed by atoms with Crippen molar-refractivity contribution in [1.82, 2.24) is 20.2 Å². The van der Waals surface area contributed by atoms with Crippen LogP contribution in [0.5, 0.6) is 0 Å². The van der Waals surface area contributed by atoms with E-state index in [2.05, 4.69) is 26.3 Å². The first-order chi connectivity index (χ1) is 11.7. The van der Waals surface area contributed by atoms with Crippen LogP contribution in [-0.4, -0.2) is 26.6 Å². The number of pyridine rings is 1. The molecule has 3 rings (SSSR count). The van der Waals surface area contributed by atoms with Gasteiger partial charge in [0.1, 0.15) is 0 Å². The molecule has 0 aliphatic rings. The molecule has 0 saturated carbocycles. The molecule has 0 aliphatic heterocycles. The third-order valence-corrected chi connectivity index (χ3v) is 3.06. The van der Waals surface area contributed by atoms with Gasteiger partial charge in [-0.1, -0.05) is 18.2 Å². The number of aromatic nitrogens is 3. The first-order valence-electron chi connectivity index (χ1n) is 7.11. The topological polar surface area (TPSA) is 101 Å². The first kappa shape index (κ1) is 15.2. The molecule has 8 heteroatoms. The number of amides is 2. The van der Waals surface area contributed by atoms with Crippen LogP contribution in [0.15, 0.2) is 67.1 Å². The highest BCUT2D eigenvalue weighted by molar-refractivity contribution is 6.39. The summed E-state index contributed by atoms with van der Waals surface area (Å²) in [4.78, 5) is 27.5. The Morgan fingerprint density at radius 3 is 2.42 bits per heavy atom. The Labute approximate surface area is 137 Å². The van der Waals surface area contributed by atoms with E-state index in [1.807, 2.05) is 30.3 Å². The average Bonchev–Trinajstić information content (AvgIpc) is 3.10. The number of carbonyl (C=O) groups excluding carboxylic acids is 2. The molecule has 0 radical (unpaired) electrons. The van der Waals surface area contributed by atoms with Crippen molar-refractivity contribution in [2.24, 2.45) is 0 Å². The number of nitrogens with one attached hydrogen (secondary N) is 3. The Bertz CT molecular complexity index is 832. The average molecular weight is 322 g/mol. The summed E-state index contributed by atoms with van der Waals surface area (Å²) in [5.74, 6) is -1.38. The van der Waals surface area contributed by atoms with Crippen LogP contribution < -0.4 is 16.2 Å². The Morgan fingerprint density at radius 1 is 0.917 bits per heavy atom. The van der Waals surface area contributed by atoms with E-state index in [1.165, 1.54) is 0 Å². The minimum atomic E-state index is -0.832. The van der Waals surface area contributed by atoms with Crippen LogP contribution in [0, 0.1) is 0 Å². The molecular weight excluding hydrogens is 308 g/mol. The van der Waals surface area contributed by atoms with E-state index in [9.17, 15) is 9.59 Å². The predicted octanol–water partition coefficient (Wildman–Crippen LogP) is 1.35. The second-order valence-corrected chi connectivity index (χ2v) is 4.75. The zero-order valence-corrected chi connectivity index (χ0v) is 12.5. The maximum Gasteiger partial charge on any atom is 0.328 e. The van der Waals surface area contributed by atoms with Gasteiger partial charge >= 0.3 is 11.8 Å². The number of anilines is 2. The van der Waals surface area contributed by atoms with E-state index in [1.54, 1.807) is 41.5 Å². The zero-order valence-electron chi connectivity index (χ0n) is 12.5. The lowest BCUT2D eigenvalue weighted by atomic mass is 10.3. The van der Waals surface area contributed by atoms with Crippen molar-refractivity contribution < 1.29 is 9.59 Å². The molecular formula is C16H14N6O2. The summed E-state index contributed by atoms with van der Waals surface area (Å²) in [6.45, 7) is 0. The van der Waals surface area contributed by atoms with Crippen LogP contribution in [-0.2, 0) is 9.59 Å². The van der Waals surface area contributed by atoms with E-state index in [0.29, 0.717) is 5.69 Å². The summed E-state index contributed by atoms with van der Waals surface area (Å²) >= 11 is 0. The fraction of sp³-hybridized carbons (Fsp3) is 0. The maximum atomic E-state index is 11.9. The molecule has 2 aromatic heterocycles. The van der Waals surface area contributed by atoms with E-state index in [0.717, 1.165) is 5.69 Å². The van der Waals surface area contributed by atoms with Crippen LogP contribution in [0.3, 0.4) is 0 Å². The van der Waals surface area contributed by atoms with Gasteiger partial charge in [0, 0.05) is 24.7 Å². The van der Waals surface area contributed by atoms with Crippen LogP contribution in [0.25, 0.3) is 5.69 Å². The largest absolute Gasteiger partial charge is 0.328 e. The summed E-state index contributed by atoms with van der Waals surface area (Å²) in [6, 6.07) is 14.3. The van der Waals surface area contributed by atoms with Crippen molar-refractivity contribution in [2.45, 2.75) is 0 Å². The number of hydrogen-bond acceptors (Lipinski definition) is 5. The Balaban J connectivity index is 1.57. The van der Waals surface area contributed by atoms with Crippen LogP contribution in [0.2, 0.25) is 0 Å². The monoisotopic (exact) mass is 322 g/mol. The highest BCUT2D eigenvalue weighted by Crippen LogP contribution is 2.09. The molecule has 0 atom stereocenters. The SMILES string of the molecule is O=C(NNc1ccncc1)C(=O)Nc1ccn(-c2ccccc2)n1. The Kier molecular flexibility index (Phi) is 4.47. The molecule has 0 saturated heterocycles. The Hall–Kier alpha value is -3.68. The lowest BCUT2D eigenvalue weighted by Gasteiger charge is -2.07. The van der Waals surface area contributed by atoms with Crippen molar-refractivity contribution >= 4 is 23.3 Å². The van der Waals surface area contributed by atoms with Gasteiger partial charge in [0.25, 0.3) is 0 Å². The standard InChI is InChI=1S/C16H14N6O2/c23-15(16(24)20-19-12-6-9-17-10-7-12)18-14-8-11-22(21-14)13-4-2-1-3-5-13/h1-11H,(H,17,19)(H,20,24)(H,18,21,23). The molecule has 8 nitrogen and oxygen atoms in total. The van der Waals surface area contributed by atoms with Gasteiger partial charge in [-0.2, -0.15) is 5.10 Å². The van der Waals surface area contributed by atoms with Crippen LogP contribution in [0.1, 0.15) is 0 Å². The van der Waals surface area contributed by atoms with E-state index in [4.69, 9.17) is 0 Å². The number of nitrogens with zero attached hydrogens (tertiary/aromatic N) is 3. The fourth-order valence-electron chi connectivity index (χ4n) is 1.91. The summed E-state index contributed by atoms with van der Waals surface area (Å²) in [5, 5.41) is 6.63. The Morgan fingerprint density at radius 2 is 1.67 bits per heavy atom. The van der Waals surface area contributed by atoms with Gasteiger partial charge in [-0.15, -0.1) is 0 Å². The van der Waals surface area contributed by atoms with E-state index >= 15 is 0 Å². The highest BCUT2D eigenvalue weighted by Gasteiger charge is 2.14. The van der Waals surface area contributed by atoms with Crippen molar-refractivity contribution in [3.63, 3.8) is 0 Å². The molecule has 0 unspecified atom stereocenters. The third kappa shape index (κ3) is 3.74. The molecule has 3 N–H and O–H groups in total. The predicted molar refractivity (Wildman–Crippen MR) is 88.2 cm³/mol. The minimum Gasteiger partial charge on any atom is -0.301 e. The quantitative estimate of drug-likeness (QED) is 0.497. The summed E-state index contributed by atoms with van der Waals surface area (Å²) in [7, 11) is 0. The summed E-state index contributed by atoms with van der Waals surface area (Å²) in [6.07, 6.45) is 4.81. The summed E-state index contributed by atoms with van der Waals surface area (Å²) in [5.41, 5.74) is 6.37. The summed E-state index contributed by atoms with van der Waals surface area (Å²) < 4.78 is 1.60. The molecule has 24 heavy (non-hydrogen) atoms. The van der Waals surface area contributed by atoms with Crippen molar-refractivity contribution in [2.75, 3.05) is 10.7 Å². The van der Waals surface area contributed by atoms with Gasteiger partial charge in [0.2, 0.25) is 0 Å². The molecule has 2 heterocycles. The van der Waals surface area contributed by atoms with Crippen LogP contribution in [0.4, 0.5) is 11.5 Å².